The molecule has 1 atom stereocenters. The molecule has 0 amide bonds. The predicted octanol–water partition coefficient (Wildman–Crippen LogP) is 2.28. The van der Waals surface area contributed by atoms with E-state index in [-0.39, 0.29) is 18.4 Å². The second-order valence-electron chi connectivity index (χ2n) is 2.93. The summed E-state index contributed by atoms with van der Waals surface area (Å²) in [5, 5.41) is 0. The summed E-state index contributed by atoms with van der Waals surface area (Å²) in [6, 6.07) is 3.81. The van der Waals surface area contributed by atoms with Gasteiger partial charge in [-0.3, -0.25) is 0 Å². The standard InChI is InChI=1S/C9H11F2N.ClH/c1-6(12)4-7-2-3-8(10)9(11)5-7;/h2-3,5-6H,4,12H2,1H3;1H. The Morgan fingerprint density at radius 1 is 1.31 bits per heavy atom. The smallest absolute Gasteiger partial charge is 0.159 e. The van der Waals surface area contributed by atoms with E-state index < -0.39 is 11.6 Å². The van der Waals surface area contributed by atoms with Crippen molar-refractivity contribution in [2.45, 2.75) is 19.4 Å². The molecule has 0 aliphatic carbocycles. The zero-order valence-corrected chi connectivity index (χ0v) is 8.07. The van der Waals surface area contributed by atoms with Crippen molar-refractivity contribution < 1.29 is 8.78 Å². The van der Waals surface area contributed by atoms with Crippen LogP contribution >= 0.6 is 12.4 Å². The summed E-state index contributed by atoms with van der Waals surface area (Å²) < 4.78 is 25.0. The molecule has 1 nitrogen and oxygen atoms in total. The fraction of sp³-hybridized carbons (Fsp3) is 0.333. The van der Waals surface area contributed by atoms with Gasteiger partial charge in [-0.2, -0.15) is 0 Å². The topological polar surface area (TPSA) is 26.0 Å². The Morgan fingerprint density at radius 3 is 2.38 bits per heavy atom. The Labute approximate surface area is 82.4 Å². The van der Waals surface area contributed by atoms with Crippen molar-refractivity contribution >= 4 is 12.4 Å². The van der Waals surface area contributed by atoms with Gasteiger partial charge in [0.05, 0.1) is 0 Å². The first-order valence-corrected chi connectivity index (χ1v) is 3.79. The quantitative estimate of drug-likeness (QED) is 0.791. The number of nitrogens with two attached hydrogens (primary N) is 1. The molecule has 2 N–H and O–H groups in total. The third kappa shape index (κ3) is 3.70. The lowest BCUT2D eigenvalue weighted by Crippen LogP contribution is -2.17. The molecule has 13 heavy (non-hydrogen) atoms. The lowest BCUT2D eigenvalue weighted by molar-refractivity contribution is 0.506. The molecule has 0 aliphatic heterocycles. The molecule has 0 fully saturated rings. The van der Waals surface area contributed by atoms with E-state index in [0.29, 0.717) is 6.42 Å². The molecule has 0 bridgehead atoms. The van der Waals surface area contributed by atoms with Crippen molar-refractivity contribution in [3.05, 3.63) is 35.4 Å². The van der Waals surface area contributed by atoms with Gasteiger partial charge in [0.15, 0.2) is 11.6 Å². The maximum Gasteiger partial charge on any atom is 0.159 e. The highest BCUT2D eigenvalue weighted by Gasteiger charge is 2.03. The minimum absolute atomic E-state index is 0. The van der Waals surface area contributed by atoms with Crippen LogP contribution in [0.2, 0.25) is 0 Å². The van der Waals surface area contributed by atoms with Crippen LogP contribution in [0.4, 0.5) is 8.78 Å². The van der Waals surface area contributed by atoms with Crippen molar-refractivity contribution in [3.8, 4) is 0 Å². The summed E-state index contributed by atoms with van der Waals surface area (Å²) in [5.41, 5.74) is 6.22. The molecule has 0 radical (unpaired) electrons. The largest absolute Gasteiger partial charge is 0.328 e. The van der Waals surface area contributed by atoms with E-state index in [1.54, 1.807) is 6.07 Å². The highest BCUT2D eigenvalue weighted by atomic mass is 35.5. The Balaban J connectivity index is 0.00000144. The van der Waals surface area contributed by atoms with Crippen LogP contribution in [0.1, 0.15) is 12.5 Å². The molecule has 1 aromatic carbocycles. The first kappa shape index (κ1) is 12.3. The fourth-order valence-electron chi connectivity index (χ4n) is 1.04. The van der Waals surface area contributed by atoms with Crippen LogP contribution in [0.25, 0.3) is 0 Å². The molecular formula is C9H12ClF2N. The number of benzene rings is 1. The third-order valence-electron chi connectivity index (χ3n) is 1.54. The lowest BCUT2D eigenvalue weighted by atomic mass is 10.1. The van der Waals surface area contributed by atoms with E-state index in [9.17, 15) is 8.78 Å². The summed E-state index contributed by atoms with van der Waals surface area (Å²) in [6.07, 6.45) is 0.567. The maximum atomic E-state index is 12.6. The van der Waals surface area contributed by atoms with Crippen LogP contribution in [0, 0.1) is 11.6 Å². The van der Waals surface area contributed by atoms with E-state index in [1.807, 2.05) is 6.92 Å². The van der Waals surface area contributed by atoms with Gasteiger partial charge in [0.1, 0.15) is 0 Å². The van der Waals surface area contributed by atoms with E-state index in [1.165, 1.54) is 6.07 Å². The first-order valence-electron chi connectivity index (χ1n) is 3.79. The van der Waals surface area contributed by atoms with Gasteiger partial charge < -0.3 is 5.73 Å². The minimum atomic E-state index is -0.816. The Hall–Kier alpha value is -0.670. The fourth-order valence-corrected chi connectivity index (χ4v) is 1.04. The average molecular weight is 208 g/mol. The van der Waals surface area contributed by atoms with Crippen LogP contribution < -0.4 is 5.73 Å². The summed E-state index contributed by atoms with van der Waals surface area (Å²) in [5.74, 6) is -1.63. The van der Waals surface area contributed by atoms with Gasteiger partial charge >= 0.3 is 0 Å². The highest BCUT2D eigenvalue weighted by molar-refractivity contribution is 5.85. The van der Waals surface area contributed by atoms with Crippen molar-refractivity contribution in [2.24, 2.45) is 5.73 Å². The second kappa shape index (κ2) is 5.14. The number of halogens is 3. The molecule has 0 aliphatic rings. The van der Waals surface area contributed by atoms with E-state index in [0.717, 1.165) is 11.6 Å². The minimum Gasteiger partial charge on any atom is -0.328 e. The van der Waals surface area contributed by atoms with Crippen molar-refractivity contribution in [1.29, 1.82) is 0 Å². The van der Waals surface area contributed by atoms with Gasteiger partial charge in [0.25, 0.3) is 0 Å². The summed E-state index contributed by atoms with van der Waals surface area (Å²) in [4.78, 5) is 0. The molecule has 0 aromatic heterocycles. The number of hydrogen-bond donors (Lipinski definition) is 1. The molecule has 0 heterocycles. The maximum absolute atomic E-state index is 12.6. The molecule has 4 heteroatoms. The molecule has 0 saturated carbocycles. The van der Waals surface area contributed by atoms with Crippen molar-refractivity contribution in [3.63, 3.8) is 0 Å². The zero-order valence-electron chi connectivity index (χ0n) is 7.26. The summed E-state index contributed by atoms with van der Waals surface area (Å²) in [7, 11) is 0. The van der Waals surface area contributed by atoms with Crippen LogP contribution in [-0.2, 0) is 6.42 Å². The Morgan fingerprint density at radius 2 is 1.92 bits per heavy atom. The number of rotatable bonds is 2. The van der Waals surface area contributed by atoms with Gasteiger partial charge in [-0.1, -0.05) is 6.07 Å². The van der Waals surface area contributed by atoms with Crippen molar-refractivity contribution in [1.82, 2.24) is 0 Å². The molecule has 1 aromatic rings. The lowest BCUT2D eigenvalue weighted by Gasteiger charge is -2.04. The van der Waals surface area contributed by atoms with E-state index in [2.05, 4.69) is 0 Å². The first-order chi connectivity index (χ1) is 5.59. The molecule has 0 saturated heterocycles. The van der Waals surface area contributed by atoms with Gasteiger partial charge in [-0.05, 0) is 31.0 Å². The SMILES string of the molecule is CC(N)Cc1ccc(F)c(F)c1.Cl. The monoisotopic (exact) mass is 207 g/mol. The van der Waals surface area contributed by atoms with Gasteiger partial charge in [-0.25, -0.2) is 8.78 Å². The van der Waals surface area contributed by atoms with E-state index in [4.69, 9.17) is 5.73 Å². The molecule has 1 rings (SSSR count). The third-order valence-corrected chi connectivity index (χ3v) is 1.54. The van der Waals surface area contributed by atoms with Crippen molar-refractivity contribution in [2.75, 3.05) is 0 Å². The average Bonchev–Trinajstić information content (AvgIpc) is 1.96. The predicted molar refractivity (Wildman–Crippen MR) is 51.0 cm³/mol. The summed E-state index contributed by atoms with van der Waals surface area (Å²) >= 11 is 0. The van der Waals surface area contributed by atoms with Crippen LogP contribution in [-0.4, -0.2) is 6.04 Å². The molecule has 74 valence electrons. The van der Waals surface area contributed by atoms with E-state index >= 15 is 0 Å². The van der Waals surface area contributed by atoms with Crippen LogP contribution in [0.15, 0.2) is 18.2 Å². The van der Waals surface area contributed by atoms with Gasteiger partial charge in [0.2, 0.25) is 0 Å². The molecule has 1 unspecified atom stereocenters. The van der Waals surface area contributed by atoms with Gasteiger partial charge in [0, 0.05) is 6.04 Å². The Bertz CT molecular complexity index is 276. The zero-order chi connectivity index (χ0) is 9.14. The van der Waals surface area contributed by atoms with Crippen LogP contribution in [0.3, 0.4) is 0 Å². The molecule has 0 spiro atoms. The molecular weight excluding hydrogens is 196 g/mol. The summed E-state index contributed by atoms with van der Waals surface area (Å²) in [6.45, 7) is 1.82. The van der Waals surface area contributed by atoms with Crippen LogP contribution in [0.5, 0.6) is 0 Å². The highest BCUT2D eigenvalue weighted by Crippen LogP contribution is 2.09. The van der Waals surface area contributed by atoms with Gasteiger partial charge in [-0.15, -0.1) is 12.4 Å². The normalized spacial score (nSPS) is 12.0. The number of hydrogen-bond acceptors (Lipinski definition) is 1. The second-order valence-corrected chi connectivity index (χ2v) is 2.93. The Kier molecular flexibility index (Phi) is 4.88.